The number of esters is 1. The van der Waals surface area contributed by atoms with Crippen LogP contribution in [0.1, 0.15) is 151 Å². The minimum atomic E-state index is -0.880. The minimum Gasteiger partial charge on any atom is -0.481 e. The lowest BCUT2D eigenvalue weighted by Gasteiger charge is -2.72. The van der Waals surface area contributed by atoms with Crippen LogP contribution in [-0.2, 0) is 19.1 Å². The molecule has 1 heterocycles. The molecule has 2 N–H and O–H groups in total. The van der Waals surface area contributed by atoms with E-state index in [0.717, 1.165) is 19.3 Å². The van der Waals surface area contributed by atoms with Crippen LogP contribution < -0.4 is 0 Å². The van der Waals surface area contributed by atoms with Crippen molar-refractivity contribution in [3.8, 4) is 0 Å². The van der Waals surface area contributed by atoms with E-state index >= 15 is 0 Å². The Balaban J connectivity index is 1.18. The highest BCUT2D eigenvalue weighted by Gasteiger charge is 2.70. The first-order valence-electron chi connectivity index (χ1n) is 19.2. The summed E-state index contributed by atoms with van der Waals surface area (Å²) in [6, 6.07) is 0. The van der Waals surface area contributed by atoms with Crippen molar-refractivity contribution in [1.82, 2.24) is 4.90 Å². The predicted molar refractivity (Wildman–Crippen MR) is 182 cm³/mol. The van der Waals surface area contributed by atoms with Crippen LogP contribution in [0.25, 0.3) is 0 Å². The van der Waals surface area contributed by atoms with Crippen LogP contribution in [0.15, 0.2) is 0 Å². The molecule has 6 aliphatic rings. The van der Waals surface area contributed by atoms with E-state index in [9.17, 15) is 24.6 Å². The monoisotopic (exact) mass is 655 g/mol. The summed E-state index contributed by atoms with van der Waals surface area (Å²) >= 11 is 0. The molecule has 0 aromatic carbocycles. The smallest absolute Gasteiger partial charge is 0.306 e. The highest BCUT2D eigenvalue weighted by molar-refractivity contribution is 5.77. The number of aliphatic hydroxyl groups is 1. The van der Waals surface area contributed by atoms with Gasteiger partial charge in [0, 0.05) is 24.9 Å². The van der Waals surface area contributed by atoms with Crippen LogP contribution >= 0.6 is 0 Å². The van der Waals surface area contributed by atoms with Crippen LogP contribution in [0.2, 0.25) is 0 Å². The van der Waals surface area contributed by atoms with Gasteiger partial charge in [-0.3, -0.25) is 14.4 Å². The summed E-state index contributed by atoms with van der Waals surface area (Å²) in [5, 5.41) is 19.3. The van der Waals surface area contributed by atoms with Gasteiger partial charge in [-0.05, 0) is 128 Å². The third-order valence-corrected chi connectivity index (χ3v) is 16.3. The number of carbonyl (C=O) groups is 3. The highest BCUT2D eigenvalue weighted by atomic mass is 16.5. The van der Waals surface area contributed by atoms with Gasteiger partial charge in [-0.1, -0.05) is 54.9 Å². The summed E-state index contributed by atoms with van der Waals surface area (Å²) < 4.78 is 6.25. The second-order valence-electron chi connectivity index (χ2n) is 19.6. The van der Waals surface area contributed by atoms with Crippen molar-refractivity contribution in [3.05, 3.63) is 0 Å². The molecule has 6 rings (SSSR count). The fraction of sp³-hybridized carbons (Fsp3) is 0.925. The van der Waals surface area contributed by atoms with E-state index in [2.05, 4.69) is 39.5 Å². The zero-order valence-corrected chi connectivity index (χ0v) is 30.7. The first kappa shape index (κ1) is 35.2. The Morgan fingerprint density at radius 3 is 2.15 bits per heavy atom. The summed E-state index contributed by atoms with van der Waals surface area (Å²) in [5.74, 6) is 1.62. The van der Waals surface area contributed by atoms with E-state index < -0.39 is 11.4 Å². The Kier molecular flexibility index (Phi) is 8.99. The Hall–Kier alpha value is -1.63. The number of hydrogen-bond acceptors (Lipinski definition) is 5. The van der Waals surface area contributed by atoms with Crippen LogP contribution in [0, 0.1) is 56.2 Å². The first-order chi connectivity index (χ1) is 21.9. The second-order valence-corrected chi connectivity index (χ2v) is 19.6. The van der Waals surface area contributed by atoms with Gasteiger partial charge >= 0.3 is 11.9 Å². The fourth-order valence-corrected chi connectivity index (χ4v) is 13.8. The van der Waals surface area contributed by atoms with Crippen LogP contribution in [0.4, 0.5) is 0 Å². The third kappa shape index (κ3) is 5.78. The van der Waals surface area contributed by atoms with E-state index in [-0.39, 0.29) is 58.1 Å². The summed E-state index contributed by atoms with van der Waals surface area (Å²) in [6.45, 7) is 17.6. The van der Waals surface area contributed by atoms with Crippen molar-refractivity contribution in [2.45, 2.75) is 163 Å². The number of piperidine rings is 1. The summed E-state index contributed by atoms with van der Waals surface area (Å²) in [5.41, 5.74) is 0.0990. The lowest BCUT2D eigenvalue weighted by Crippen LogP contribution is -2.66. The van der Waals surface area contributed by atoms with Crippen molar-refractivity contribution in [2.24, 2.45) is 56.2 Å². The number of fused-ring (bicyclic) bond motifs is 7. The minimum absolute atomic E-state index is 0.0430. The number of carbonyl (C=O) groups excluding carboxylic acids is 2. The molecule has 0 spiro atoms. The molecular formula is C40H65NO6. The number of likely N-dealkylation sites (tertiary alicyclic amines) is 1. The Labute approximate surface area is 284 Å². The molecule has 1 saturated heterocycles. The maximum absolute atomic E-state index is 13.7. The van der Waals surface area contributed by atoms with E-state index in [1.807, 2.05) is 13.8 Å². The van der Waals surface area contributed by atoms with Gasteiger partial charge in [0.2, 0.25) is 5.91 Å². The number of aliphatic carboxylic acids is 1. The van der Waals surface area contributed by atoms with E-state index in [1.54, 1.807) is 0 Å². The standard InChI is InChI=1S/C40H65NO6/c1-35(2,24-33(44)45)25-34(46)47-31-13-17-37(5)29(36(31,3)4)12-18-39(7)30(37)11-10-27-28-9-8-16-40(28,20-19-38(27,39)6)23-32(43)41-21-14-26(42)15-22-41/h26-31,42H,8-25H2,1-7H3,(H,44,45)/t27-,28-,29?,30?,31+,37+,38-,39-,40-/m1/s1. The molecular weight excluding hydrogens is 590 g/mol. The summed E-state index contributed by atoms with van der Waals surface area (Å²) in [4.78, 5) is 40.2. The number of rotatable bonds is 7. The highest BCUT2D eigenvalue weighted by Crippen LogP contribution is 2.77. The summed E-state index contributed by atoms with van der Waals surface area (Å²) in [7, 11) is 0. The Bertz CT molecular complexity index is 1240. The predicted octanol–water partition coefficient (Wildman–Crippen LogP) is 8.02. The average Bonchev–Trinajstić information content (AvgIpc) is 3.38. The van der Waals surface area contributed by atoms with Crippen LogP contribution in [0.3, 0.4) is 0 Å². The van der Waals surface area contributed by atoms with E-state index in [4.69, 9.17) is 4.74 Å². The van der Waals surface area contributed by atoms with Gasteiger partial charge in [-0.25, -0.2) is 0 Å². The molecule has 0 radical (unpaired) electrons. The first-order valence-corrected chi connectivity index (χ1v) is 19.2. The Morgan fingerprint density at radius 2 is 1.47 bits per heavy atom. The number of aliphatic hydroxyl groups excluding tert-OH is 1. The van der Waals surface area contributed by atoms with Gasteiger partial charge in [0.1, 0.15) is 6.10 Å². The topological polar surface area (TPSA) is 104 Å². The Morgan fingerprint density at radius 1 is 0.766 bits per heavy atom. The van der Waals surface area contributed by atoms with Crippen molar-refractivity contribution in [1.29, 1.82) is 0 Å². The zero-order chi connectivity index (χ0) is 34.2. The largest absolute Gasteiger partial charge is 0.481 e. The number of nitrogens with zero attached hydrogens (tertiary/aromatic N) is 1. The second kappa shape index (κ2) is 12.0. The SMILES string of the molecule is CC(C)(CC(=O)O)CC(=O)O[C@H]1CC[C@@]2(C)C(CC[C@]3(C)C2CC[C@@H]2[C@H]4CCC[C@]4(CC(=O)N4CCC(O)CC4)CC[C@]23C)C1(C)C. The van der Waals surface area contributed by atoms with Gasteiger partial charge < -0.3 is 19.8 Å². The molecule has 6 fully saturated rings. The molecule has 0 bridgehead atoms. The van der Waals surface area contributed by atoms with Crippen molar-refractivity contribution >= 4 is 17.8 Å². The lowest BCUT2D eigenvalue weighted by atomic mass is 9.32. The normalized spacial score (nSPS) is 43.2. The maximum Gasteiger partial charge on any atom is 0.306 e. The number of hydrogen-bond donors (Lipinski definition) is 2. The van der Waals surface area contributed by atoms with Gasteiger partial charge in [-0.15, -0.1) is 0 Å². The molecule has 0 aromatic heterocycles. The van der Waals surface area contributed by atoms with Crippen LogP contribution in [0.5, 0.6) is 0 Å². The number of amides is 1. The third-order valence-electron chi connectivity index (χ3n) is 16.3. The van der Waals surface area contributed by atoms with E-state index in [1.165, 1.54) is 51.4 Å². The quantitative estimate of drug-likeness (QED) is 0.269. The lowest BCUT2D eigenvalue weighted by molar-refractivity contribution is -0.248. The molecule has 7 nitrogen and oxygen atoms in total. The number of carboxylic acid groups (broad SMARTS) is 1. The van der Waals surface area contributed by atoms with Crippen molar-refractivity contribution in [3.63, 3.8) is 0 Å². The van der Waals surface area contributed by atoms with E-state index in [0.29, 0.717) is 61.9 Å². The van der Waals surface area contributed by atoms with Crippen LogP contribution in [-0.4, -0.2) is 58.3 Å². The maximum atomic E-state index is 13.7. The van der Waals surface area contributed by atoms with Crippen molar-refractivity contribution < 1.29 is 29.3 Å². The van der Waals surface area contributed by atoms with Gasteiger partial charge in [0.15, 0.2) is 0 Å². The molecule has 5 aliphatic carbocycles. The molecule has 5 saturated carbocycles. The summed E-state index contributed by atoms with van der Waals surface area (Å²) in [6.07, 6.45) is 14.8. The van der Waals surface area contributed by atoms with Gasteiger partial charge in [0.05, 0.1) is 18.9 Å². The number of ether oxygens (including phenoxy) is 1. The molecule has 266 valence electrons. The molecule has 47 heavy (non-hydrogen) atoms. The zero-order valence-electron chi connectivity index (χ0n) is 30.7. The molecule has 0 aromatic rings. The van der Waals surface area contributed by atoms with Gasteiger partial charge in [0.25, 0.3) is 0 Å². The number of carboxylic acids is 1. The molecule has 1 amide bonds. The molecule has 9 atom stereocenters. The molecule has 2 unspecified atom stereocenters. The fourth-order valence-electron chi connectivity index (χ4n) is 13.8. The van der Waals surface area contributed by atoms with Crippen molar-refractivity contribution in [2.75, 3.05) is 13.1 Å². The molecule has 7 heteroatoms. The average molecular weight is 656 g/mol. The van der Waals surface area contributed by atoms with Gasteiger partial charge in [-0.2, -0.15) is 0 Å². The molecule has 1 aliphatic heterocycles.